The van der Waals surface area contributed by atoms with E-state index in [1.807, 2.05) is 6.07 Å². The van der Waals surface area contributed by atoms with Crippen molar-refractivity contribution in [1.29, 1.82) is 0 Å². The molecule has 2 aliphatic carbocycles. The van der Waals surface area contributed by atoms with Crippen molar-refractivity contribution in [2.24, 2.45) is 5.41 Å². The van der Waals surface area contributed by atoms with Gasteiger partial charge in [-0.3, -0.25) is 4.79 Å². The van der Waals surface area contributed by atoms with Gasteiger partial charge in [-0.15, -0.1) is 0 Å². The number of hydrogen-bond donors (Lipinski definition) is 0. The summed E-state index contributed by atoms with van der Waals surface area (Å²) in [5.74, 6) is 0.311. The highest BCUT2D eigenvalue weighted by Crippen LogP contribution is 2.40. The van der Waals surface area contributed by atoms with Crippen LogP contribution in [0, 0.1) is 5.41 Å². The number of aromatic nitrogens is 1. The molecule has 1 heterocycles. The fourth-order valence-electron chi connectivity index (χ4n) is 4.08. The number of carbonyl (C=O) groups excluding carboxylic acids is 1. The van der Waals surface area contributed by atoms with Crippen LogP contribution in [0.3, 0.4) is 0 Å². The van der Waals surface area contributed by atoms with E-state index in [9.17, 15) is 4.79 Å². The first-order valence-corrected chi connectivity index (χ1v) is 7.86. The van der Waals surface area contributed by atoms with Gasteiger partial charge in [0.25, 0.3) is 0 Å². The molecule has 4 rings (SSSR count). The molecule has 0 saturated carbocycles. The molecule has 108 valence electrons. The van der Waals surface area contributed by atoms with Crippen LogP contribution in [0.1, 0.15) is 59.9 Å². The molecule has 21 heavy (non-hydrogen) atoms. The van der Waals surface area contributed by atoms with Crippen LogP contribution in [0.2, 0.25) is 0 Å². The van der Waals surface area contributed by atoms with Crippen LogP contribution in [-0.4, -0.2) is 10.4 Å². The number of rotatable bonds is 1. The van der Waals surface area contributed by atoms with Crippen molar-refractivity contribution in [2.45, 2.75) is 45.6 Å². The Bertz CT molecular complexity index is 723. The molecule has 1 aromatic heterocycles. The molecule has 2 heteroatoms. The number of Topliss-reactive ketones (excluding diaryl/α,β-unsaturated/α-hetero) is 1. The van der Waals surface area contributed by atoms with Gasteiger partial charge in [-0.1, -0.05) is 38.1 Å². The molecule has 0 amide bonds. The summed E-state index contributed by atoms with van der Waals surface area (Å²) >= 11 is 0. The van der Waals surface area contributed by atoms with Crippen LogP contribution < -0.4 is 0 Å². The van der Waals surface area contributed by atoms with Crippen LogP contribution in [-0.2, 0) is 12.8 Å². The first-order valence-electron chi connectivity index (χ1n) is 7.86. The van der Waals surface area contributed by atoms with Crippen LogP contribution >= 0.6 is 0 Å². The molecule has 1 unspecified atom stereocenters. The number of benzene rings is 1. The fraction of sp³-hybridized carbons (Fsp3) is 0.421. The van der Waals surface area contributed by atoms with E-state index in [-0.39, 0.29) is 5.41 Å². The fourth-order valence-corrected chi connectivity index (χ4v) is 4.08. The van der Waals surface area contributed by atoms with E-state index in [0.717, 1.165) is 24.8 Å². The lowest BCUT2D eigenvalue weighted by molar-refractivity contribution is 0.0909. The van der Waals surface area contributed by atoms with Gasteiger partial charge in [-0.25, -0.2) is 0 Å². The standard InChI is InChI=1S/C19H21NO/c1-19(2)11-17-15(18(21)12-19)9-10-20(17)16-8-7-13-5-3-4-6-14(13)16/h3-6,9-10,16H,7-8,11-12H2,1-2H3. The third kappa shape index (κ3) is 1.97. The topological polar surface area (TPSA) is 22.0 Å². The third-order valence-corrected chi connectivity index (χ3v) is 5.05. The van der Waals surface area contributed by atoms with Gasteiger partial charge in [0.15, 0.2) is 5.78 Å². The Labute approximate surface area is 125 Å². The van der Waals surface area contributed by atoms with Gasteiger partial charge in [-0.05, 0) is 41.9 Å². The first-order chi connectivity index (χ1) is 10.1. The van der Waals surface area contributed by atoms with Gasteiger partial charge in [-0.2, -0.15) is 0 Å². The molecular weight excluding hydrogens is 258 g/mol. The van der Waals surface area contributed by atoms with Crippen LogP contribution in [0.5, 0.6) is 0 Å². The van der Waals surface area contributed by atoms with E-state index in [1.54, 1.807) is 0 Å². The van der Waals surface area contributed by atoms with Crippen LogP contribution in [0.25, 0.3) is 0 Å². The summed E-state index contributed by atoms with van der Waals surface area (Å²) in [5, 5.41) is 0. The summed E-state index contributed by atoms with van der Waals surface area (Å²) in [7, 11) is 0. The SMILES string of the molecule is CC1(C)CC(=O)c2ccn(C3CCc4ccccc43)c2C1. The number of hydrogen-bond acceptors (Lipinski definition) is 1. The largest absolute Gasteiger partial charge is 0.343 e. The zero-order valence-electron chi connectivity index (χ0n) is 12.7. The number of carbonyl (C=O) groups is 1. The first kappa shape index (κ1) is 12.9. The number of aryl methyl sites for hydroxylation is 1. The van der Waals surface area contributed by atoms with Crippen LogP contribution in [0.4, 0.5) is 0 Å². The van der Waals surface area contributed by atoms with Crippen molar-refractivity contribution in [2.75, 3.05) is 0 Å². The lowest BCUT2D eigenvalue weighted by Gasteiger charge is -2.31. The van der Waals surface area contributed by atoms with E-state index < -0.39 is 0 Å². The zero-order chi connectivity index (χ0) is 14.6. The minimum atomic E-state index is 0.0817. The maximum absolute atomic E-state index is 12.4. The summed E-state index contributed by atoms with van der Waals surface area (Å²) in [5.41, 5.74) is 5.19. The van der Waals surface area contributed by atoms with Gasteiger partial charge in [0, 0.05) is 23.9 Å². The predicted molar refractivity (Wildman–Crippen MR) is 83.8 cm³/mol. The number of fused-ring (bicyclic) bond motifs is 2. The van der Waals surface area contributed by atoms with Crippen molar-refractivity contribution in [3.05, 3.63) is 58.9 Å². The zero-order valence-corrected chi connectivity index (χ0v) is 12.7. The van der Waals surface area contributed by atoms with E-state index in [4.69, 9.17) is 0 Å². The normalized spacial score (nSPS) is 23.0. The average molecular weight is 279 g/mol. The number of nitrogens with zero attached hydrogens (tertiary/aromatic N) is 1. The molecule has 0 radical (unpaired) electrons. The second-order valence-corrected chi connectivity index (χ2v) is 7.28. The molecule has 0 bridgehead atoms. The Hall–Kier alpha value is -1.83. The van der Waals surface area contributed by atoms with E-state index in [0.29, 0.717) is 18.2 Å². The molecule has 0 spiro atoms. The van der Waals surface area contributed by atoms with Gasteiger partial charge in [0.05, 0.1) is 6.04 Å². The lowest BCUT2D eigenvalue weighted by Crippen LogP contribution is -2.28. The molecule has 1 aromatic carbocycles. The van der Waals surface area contributed by atoms with E-state index >= 15 is 0 Å². The second-order valence-electron chi connectivity index (χ2n) is 7.28. The van der Waals surface area contributed by atoms with E-state index in [1.165, 1.54) is 16.8 Å². The molecule has 2 aromatic rings. The lowest BCUT2D eigenvalue weighted by atomic mass is 9.76. The molecule has 1 atom stereocenters. The summed E-state index contributed by atoms with van der Waals surface area (Å²) < 4.78 is 2.37. The van der Waals surface area contributed by atoms with Gasteiger partial charge < -0.3 is 4.57 Å². The maximum Gasteiger partial charge on any atom is 0.165 e. The van der Waals surface area contributed by atoms with Crippen molar-refractivity contribution >= 4 is 5.78 Å². The highest BCUT2D eigenvalue weighted by atomic mass is 16.1. The Morgan fingerprint density at radius 1 is 1.14 bits per heavy atom. The monoisotopic (exact) mass is 279 g/mol. The van der Waals surface area contributed by atoms with Crippen molar-refractivity contribution in [1.82, 2.24) is 4.57 Å². The van der Waals surface area contributed by atoms with Gasteiger partial charge in [0.1, 0.15) is 0 Å². The summed E-state index contributed by atoms with van der Waals surface area (Å²) in [6.45, 7) is 4.40. The van der Waals surface area contributed by atoms with Crippen molar-refractivity contribution in [3.8, 4) is 0 Å². The quantitative estimate of drug-likeness (QED) is 0.767. The Kier molecular flexibility index (Phi) is 2.66. The van der Waals surface area contributed by atoms with E-state index in [2.05, 4.69) is 48.9 Å². The minimum Gasteiger partial charge on any atom is -0.343 e. The van der Waals surface area contributed by atoms with Gasteiger partial charge >= 0.3 is 0 Å². The molecule has 0 N–H and O–H groups in total. The Balaban J connectivity index is 1.81. The van der Waals surface area contributed by atoms with Crippen LogP contribution in [0.15, 0.2) is 36.5 Å². The minimum absolute atomic E-state index is 0.0817. The highest BCUT2D eigenvalue weighted by molar-refractivity contribution is 5.98. The maximum atomic E-state index is 12.4. The Morgan fingerprint density at radius 2 is 1.95 bits per heavy atom. The van der Waals surface area contributed by atoms with Gasteiger partial charge in [0.2, 0.25) is 0 Å². The molecule has 2 aliphatic rings. The molecule has 2 nitrogen and oxygen atoms in total. The number of ketones is 1. The second kappa shape index (κ2) is 4.33. The Morgan fingerprint density at radius 3 is 2.81 bits per heavy atom. The molecule has 0 saturated heterocycles. The highest BCUT2D eigenvalue weighted by Gasteiger charge is 2.35. The molecule has 0 fully saturated rings. The average Bonchev–Trinajstić information content (AvgIpc) is 3.00. The van der Waals surface area contributed by atoms with Crippen molar-refractivity contribution in [3.63, 3.8) is 0 Å². The third-order valence-electron chi connectivity index (χ3n) is 5.05. The van der Waals surface area contributed by atoms with Crippen molar-refractivity contribution < 1.29 is 4.79 Å². The predicted octanol–water partition coefficient (Wildman–Crippen LogP) is 4.18. The molecular formula is C19H21NO. The summed E-state index contributed by atoms with van der Waals surface area (Å²) in [4.78, 5) is 12.4. The summed E-state index contributed by atoms with van der Waals surface area (Å²) in [6.07, 6.45) is 6.10. The summed E-state index contributed by atoms with van der Waals surface area (Å²) in [6, 6.07) is 11.2. The smallest absolute Gasteiger partial charge is 0.165 e. The molecule has 0 aliphatic heterocycles.